The fourth-order valence-corrected chi connectivity index (χ4v) is 2.88. The molecule has 106 valence electrons. The molecule has 0 saturated carbocycles. The Morgan fingerprint density at radius 3 is 2.70 bits per heavy atom. The van der Waals surface area contributed by atoms with Crippen LogP contribution in [0.4, 0.5) is 0 Å². The number of rotatable bonds is 3. The van der Waals surface area contributed by atoms with Crippen LogP contribution in [0.15, 0.2) is 28.8 Å². The van der Waals surface area contributed by atoms with Gasteiger partial charge in [0.05, 0.1) is 0 Å². The molecular weight excluding hydrogens is 274 g/mol. The van der Waals surface area contributed by atoms with Gasteiger partial charge in [-0.3, -0.25) is 4.90 Å². The molecule has 0 spiro atoms. The largest absolute Gasteiger partial charge is 0.339 e. The predicted molar refractivity (Wildman–Crippen MR) is 77.7 cm³/mol. The highest BCUT2D eigenvalue weighted by molar-refractivity contribution is 6.31. The maximum absolute atomic E-state index is 6.21. The van der Waals surface area contributed by atoms with E-state index in [0.29, 0.717) is 5.92 Å². The monoisotopic (exact) mass is 291 g/mol. The number of hydrogen-bond acceptors (Lipinski definition) is 4. The number of aromatic nitrogens is 2. The van der Waals surface area contributed by atoms with Crippen LogP contribution in [0.2, 0.25) is 5.02 Å². The van der Waals surface area contributed by atoms with Crippen molar-refractivity contribution < 1.29 is 4.52 Å². The van der Waals surface area contributed by atoms with Crippen molar-refractivity contribution in [3.05, 3.63) is 46.6 Å². The van der Waals surface area contributed by atoms with Crippen LogP contribution >= 0.6 is 11.6 Å². The number of piperidine rings is 1. The van der Waals surface area contributed by atoms with E-state index in [2.05, 4.69) is 21.1 Å². The van der Waals surface area contributed by atoms with Gasteiger partial charge in [0.15, 0.2) is 5.82 Å². The zero-order valence-corrected chi connectivity index (χ0v) is 12.3. The number of halogens is 1. The molecule has 0 amide bonds. The Morgan fingerprint density at radius 2 is 2.05 bits per heavy atom. The topological polar surface area (TPSA) is 42.2 Å². The van der Waals surface area contributed by atoms with Crippen molar-refractivity contribution in [3.8, 4) is 0 Å². The zero-order chi connectivity index (χ0) is 13.9. The summed E-state index contributed by atoms with van der Waals surface area (Å²) in [5.41, 5.74) is 1.20. The van der Waals surface area contributed by atoms with Gasteiger partial charge in [-0.2, -0.15) is 4.98 Å². The van der Waals surface area contributed by atoms with Crippen LogP contribution in [0.1, 0.15) is 36.0 Å². The highest BCUT2D eigenvalue weighted by Crippen LogP contribution is 2.28. The Kier molecular flexibility index (Phi) is 4.03. The predicted octanol–water partition coefficient (Wildman–Crippen LogP) is 3.41. The Balaban J connectivity index is 1.58. The van der Waals surface area contributed by atoms with Crippen LogP contribution in [0.5, 0.6) is 0 Å². The van der Waals surface area contributed by atoms with Crippen molar-refractivity contribution in [2.45, 2.75) is 32.2 Å². The van der Waals surface area contributed by atoms with Crippen molar-refractivity contribution in [2.24, 2.45) is 0 Å². The average molecular weight is 292 g/mol. The number of hydrogen-bond donors (Lipinski definition) is 0. The molecule has 20 heavy (non-hydrogen) atoms. The lowest BCUT2D eigenvalue weighted by Gasteiger charge is -2.30. The Morgan fingerprint density at radius 1 is 1.30 bits per heavy atom. The van der Waals surface area contributed by atoms with E-state index >= 15 is 0 Å². The lowest BCUT2D eigenvalue weighted by atomic mass is 9.96. The molecule has 4 nitrogen and oxygen atoms in total. The minimum absolute atomic E-state index is 0.402. The van der Waals surface area contributed by atoms with Gasteiger partial charge in [-0.05, 0) is 44.5 Å². The van der Waals surface area contributed by atoms with E-state index in [9.17, 15) is 0 Å². The molecule has 1 saturated heterocycles. The van der Waals surface area contributed by atoms with E-state index in [1.165, 1.54) is 5.56 Å². The molecule has 2 aromatic rings. The van der Waals surface area contributed by atoms with E-state index < -0.39 is 0 Å². The van der Waals surface area contributed by atoms with Gasteiger partial charge in [0, 0.05) is 17.5 Å². The first-order valence-corrected chi connectivity index (χ1v) is 7.36. The van der Waals surface area contributed by atoms with Gasteiger partial charge in [-0.15, -0.1) is 0 Å². The Bertz CT molecular complexity index is 576. The normalized spacial score (nSPS) is 17.5. The van der Waals surface area contributed by atoms with Gasteiger partial charge in [0.1, 0.15) is 0 Å². The molecule has 1 aromatic carbocycles. The first-order valence-electron chi connectivity index (χ1n) is 6.98. The van der Waals surface area contributed by atoms with E-state index in [-0.39, 0.29) is 0 Å². The molecule has 1 aliphatic heterocycles. The average Bonchev–Trinajstić information content (AvgIpc) is 2.89. The quantitative estimate of drug-likeness (QED) is 0.869. The summed E-state index contributed by atoms with van der Waals surface area (Å²) in [4.78, 5) is 6.77. The fraction of sp³-hybridized carbons (Fsp3) is 0.467. The van der Waals surface area contributed by atoms with Crippen LogP contribution in [0.3, 0.4) is 0 Å². The van der Waals surface area contributed by atoms with Gasteiger partial charge in [0.25, 0.3) is 0 Å². The van der Waals surface area contributed by atoms with Gasteiger partial charge in [0.2, 0.25) is 5.89 Å². The smallest absolute Gasteiger partial charge is 0.229 e. The highest BCUT2D eigenvalue weighted by Gasteiger charge is 2.24. The summed E-state index contributed by atoms with van der Waals surface area (Å²) in [5, 5.41) is 4.72. The summed E-state index contributed by atoms with van der Waals surface area (Å²) in [5.74, 6) is 1.91. The van der Waals surface area contributed by atoms with Gasteiger partial charge < -0.3 is 4.52 Å². The second kappa shape index (κ2) is 5.94. The standard InChI is InChI=1S/C15H18ClN3O/c1-11-17-15(20-18-11)12-6-8-19(9-7-12)10-13-4-2-3-5-14(13)16/h2-5,12H,6-10H2,1H3. The zero-order valence-electron chi connectivity index (χ0n) is 11.6. The van der Waals surface area contributed by atoms with Crippen molar-refractivity contribution in [1.82, 2.24) is 15.0 Å². The Hall–Kier alpha value is -1.39. The molecule has 0 N–H and O–H groups in total. The molecule has 0 bridgehead atoms. The van der Waals surface area contributed by atoms with Crippen LogP contribution in [0, 0.1) is 6.92 Å². The second-order valence-electron chi connectivity index (χ2n) is 5.32. The number of aryl methyl sites for hydroxylation is 1. The van der Waals surface area contributed by atoms with Gasteiger partial charge >= 0.3 is 0 Å². The molecule has 0 radical (unpaired) electrons. The third-order valence-electron chi connectivity index (χ3n) is 3.83. The first kappa shape index (κ1) is 13.6. The summed E-state index contributed by atoms with van der Waals surface area (Å²) in [6, 6.07) is 8.05. The molecule has 1 fully saturated rings. The first-order chi connectivity index (χ1) is 9.72. The summed E-state index contributed by atoms with van der Waals surface area (Å²) in [6.45, 7) is 4.85. The van der Waals surface area contributed by atoms with Gasteiger partial charge in [-0.1, -0.05) is 35.0 Å². The number of benzene rings is 1. The number of nitrogens with zero attached hydrogens (tertiary/aromatic N) is 3. The number of likely N-dealkylation sites (tertiary alicyclic amines) is 1. The van der Waals surface area contributed by atoms with Crippen LogP contribution < -0.4 is 0 Å². The summed E-state index contributed by atoms with van der Waals surface area (Å²) < 4.78 is 5.28. The maximum atomic E-state index is 6.21. The third kappa shape index (κ3) is 3.02. The molecule has 0 unspecified atom stereocenters. The molecule has 2 heterocycles. The molecule has 3 rings (SSSR count). The van der Waals surface area contributed by atoms with Crippen LogP contribution in [0.25, 0.3) is 0 Å². The molecule has 1 aromatic heterocycles. The summed E-state index contributed by atoms with van der Waals surface area (Å²) in [6.07, 6.45) is 2.12. The molecule has 1 aliphatic rings. The van der Waals surface area contributed by atoms with E-state index in [1.54, 1.807) is 0 Å². The SMILES string of the molecule is Cc1noc(C2CCN(Cc3ccccc3Cl)CC2)n1. The van der Waals surface area contributed by atoms with E-state index in [4.69, 9.17) is 16.1 Å². The lowest BCUT2D eigenvalue weighted by Crippen LogP contribution is -2.32. The highest BCUT2D eigenvalue weighted by atomic mass is 35.5. The van der Waals surface area contributed by atoms with Crippen molar-refractivity contribution >= 4 is 11.6 Å². The third-order valence-corrected chi connectivity index (χ3v) is 4.20. The van der Waals surface area contributed by atoms with E-state index in [1.807, 2.05) is 25.1 Å². The van der Waals surface area contributed by atoms with Crippen molar-refractivity contribution in [1.29, 1.82) is 0 Å². The molecule has 5 heteroatoms. The van der Waals surface area contributed by atoms with Crippen molar-refractivity contribution in [2.75, 3.05) is 13.1 Å². The van der Waals surface area contributed by atoms with Crippen molar-refractivity contribution in [3.63, 3.8) is 0 Å². The second-order valence-corrected chi connectivity index (χ2v) is 5.73. The fourth-order valence-electron chi connectivity index (χ4n) is 2.68. The maximum Gasteiger partial charge on any atom is 0.229 e. The lowest BCUT2D eigenvalue weighted by molar-refractivity contribution is 0.187. The van der Waals surface area contributed by atoms with E-state index in [0.717, 1.165) is 49.2 Å². The summed E-state index contributed by atoms with van der Waals surface area (Å²) in [7, 11) is 0. The minimum Gasteiger partial charge on any atom is -0.339 e. The van der Waals surface area contributed by atoms with Gasteiger partial charge in [-0.25, -0.2) is 0 Å². The summed E-state index contributed by atoms with van der Waals surface area (Å²) >= 11 is 6.21. The minimum atomic E-state index is 0.402. The molecule has 0 aliphatic carbocycles. The van der Waals surface area contributed by atoms with Crippen LogP contribution in [-0.4, -0.2) is 28.1 Å². The molecule has 0 atom stereocenters. The van der Waals surface area contributed by atoms with Crippen LogP contribution in [-0.2, 0) is 6.54 Å². The molecular formula is C15H18ClN3O. The Labute approximate surface area is 123 Å².